The maximum atomic E-state index is 13.5. The Labute approximate surface area is 190 Å². The highest BCUT2D eigenvalue weighted by molar-refractivity contribution is 6.03. The molecule has 6 heteroatoms. The van der Waals surface area contributed by atoms with Crippen molar-refractivity contribution in [2.24, 2.45) is 5.92 Å². The molecule has 0 spiro atoms. The van der Waals surface area contributed by atoms with Crippen molar-refractivity contribution in [3.05, 3.63) is 40.8 Å². The van der Waals surface area contributed by atoms with Crippen LogP contribution in [0.3, 0.4) is 0 Å². The fourth-order valence-corrected chi connectivity index (χ4v) is 5.11. The lowest BCUT2D eigenvalue weighted by molar-refractivity contribution is -0.125. The zero-order valence-corrected chi connectivity index (χ0v) is 19.5. The molecule has 1 aromatic carbocycles. The molecule has 1 atom stereocenters. The molecule has 1 unspecified atom stereocenters. The molecular weight excluding hydrogens is 402 g/mol. The standard InChI is InChI=1S/C26H35N3O3/c1-17(2)24(25(31)27-19-13-14-19)28-16-15-21-22(26(28)32)11-8-12-23(21)29(18(3)30)20-9-6-4-5-7-10-20/h8,11-12,15-17,19-20,24H,4-7,9-10,13-14H2,1-3H3,(H,27,31). The highest BCUT2D eigenvalue weighted by Crippen LogP contribution is 2.32. The molecule has 4 rings (SSSR count). The largest absolute Gasteiger partial charge is 0.352 e. The number of carbonyl (C=O) groups is 2. The monoisotopic (exact) mass is 437 g/mol. The number of amides is 2. The lowest BCUT2D eigenvalue weighted by Gasteiger charge is -2.31. The van der Waals surface area contributed by atoms with Crippen molar-refractivity contribution in [3.63, 3.8) is 0 Å². The fourth-order valence-electron chi connectivity index (χ4n) is 5.11. The van der Waals surface area contributed by atoms with Gasteiger partial charge in [0.15, 0.2) is 0 Å². The topological polar surface area (TPSA) is 71.4 Å². The van der Waals surface area contributed by atoms with E-state index in [0.29, 0.717) is 5.39 Å². The molecule has 32 heavy (non-hydrogen) atoms. The first-order valence-electron chi connectivity index (χ1n) is 12.1. The minimum Gasteiger partial charge on any atom is -0.352 e. The van der Waals surface area contributed by atoms with Gasteiger partial charge in [-0.05, 0) is 49.8 Å². The second-order valence-corrected chi connectivity index (χ2v) is 9.77. The molecule has 0 saturated heterocycles. The third-order valence-corrected chi connectivity index (χ3v) is 6.86. The highest BCUT2D eigenvalue weighted by Gasteiger charge is 2.31. The molecule has 172 valence electrons. The lowest BCUT2D eigenvalue weighted by atomic mass is 10.0. The van der Waals surface area contributed by atoms with E-state index in [1.54, 1.807) is 23.8 Å². The number of hydrogen-bond donors (Lipinski definition) is 1. The van der Waals surface area contributed by atoms with Crippen LogP contribution in [0.25, 0.3) is 10.8 Å². The number of aromatic nitrogens is 1. The minimum absolute atomic E-state index is 0.0115. The number of fused-ring (bicyclic) bond motifs is 1. The number of carbonyl (C=O) groups excluding carboxylic acids is 2. The smallest absolute Gasteiger partial charge is 0.259 e. The zero-order chi connectivity index (χ0) is 22.8. The quantitative estimate of drug-likeness (QED) is 0.674. The van der Waals surface area contributed by atoms with Crippen molar-refractivity contribution < 1.29 is 9.59 Å². The van der Waals surface area contributed by atoms with Gasteiger partial charge >= 0.3 is 0 Å². The average Bonchev–Trinajstić information content (AvgIpc) is 3.58. The van der Waals surface area contributed by atoms with Crippen molar-refractivity contribution in [2.45, 2.75) is 90.3 Å². The summed E-state index contributed by atoms with van der Waals surface area (Å²) in [6.45, 7) is 5.55. The first-order valence-corrected chi connectivity index (χ1v) is 12.1. The van der Waals surface area contributed by atoms with Gasteiger partial charge in [-0.2, -0.15) is 0 Å². The Bertz CT molecular complexity index is 1050. The second-order valence-electron chi connectivity index (χ2n) is 9.77. The van der Waals surface area contributed by atoms with E-state index in [1.807, 2.05) is 36.9 Å². The van der Waals surface area contributed by atoms with E-state index >= 15 is 0 Å². The van der Waals surface area contributed by atoms with Gasteiger partial charge in [-0.15, -0.1) is 0 Å². The first-order chi connectivity index (χ1) is 15.4. The first kappa shape index (κ1) is 22.6. The molecule has 1 aromatic heterocycles. The fraction of sp³-hybridized carbons (Fsp3) is 0.577. The van der Waals surface area contributed by atoms with E-state index in [9.17, 15) is 14.4 Å². The SMILES string of the molecule is CC(=O)N(c1cccc2c(=O)n(C(C(=O)NC3CC3)C(C)C)ccc12)C1CCCCCC1. The number of pyridine rings is 1. The molecule has 1 N–H and O–H groups in total. The van der Waals surface area contributed by atoms with Gasteiger partial charge in [0.2, 0.25) is 11.8 Å². The summed E-state index contributed by atoms with van der Waals surface area (Å²) >= 11 is 0. The Morgan fingerprint density at radius 2 is 1.69 bits per heavy atom. The third-order valence-electron chi connectivity index (χ3n) is 6.86. The van der Waals surface area contributed by atoms with Crippen molar-refractivity contribution in [1.82, 2.24) is 9.88 Å². The van der Waals surface area contributed by atoms with Gasteiger partial charge in [0.1, 0.15) is 6.04 Å². The molecule has 2 aliphatic carbocycles. The Kier molecular flexibility index (Phi) is 6.68. The molecule has 2 saturated carbocycles. The van der Waals surface area contributed by atoms with Crippen LogP contribution in [0.5, 0.6) is 0 Å². The summed E-state index contributed by atoms with van der Waals surface area (Å²) in [7, 11) is 0. The summed E-state index contributed by atoms with van der Waals surface area (Å²) in [5.74, 6) is -0.104. The number of rotatable bonds is 6. The molecule has 1 heterocycles. The summed E-state index contributed by atoms with van der Waals surface area (Å²) in [5.41, 5.74) is 0.619. The van der Waals surface area contributed by atoms with E-state index < -0.39 is 6.04 Å². The molecule has 6 nitrogen and oxygen atoms in total. The molecular formula is C26H35N3O3. The van der Waals surface area contributed by atoms with Gasteiger partial charge in [-0.3, -0.25) is 14.4 Å². The predicted octanol–water partition coefficient (Wildman–Crippen LogP) is 4.55. The van der Waals surface area contributed by atoms with Crippen LogP contribution in [0.15, 0.2) is 35.3 Å². The van der Waals surface area contributed by atoms with Crippen molar-refractivity contribution in [2.75, 3.05) is 4.90 Å². The Balaban J connectivity index is 1.76. The van der Waals surface area contributed by atoms with E-state index in [2.05, 4.69) is 5.32 Å². The number of benzene rings is 1. The predicted molar refractivity (Wildman–Crippen MR) is 128 cm³/mol. The van der Waals surface area contributed by atoms with Gasteiger partial charge in [-0.25, -0.2) is 0 Å². The molecule has 0 aliphatic heterocycles. The van der Waals surface area contributed by atoms with E-state index in [0.717, 1.165) is 49.6 Å². The Morgan fingerprint density at radius 1 is 1.00 bits per heavy atom. The normalized spacial score (nSPS) is 18.4. The average molecular weight is 438 g/mol. The summed E-state index contributed by atoms with van der Waals surface area (Å²) in [4.78, 5) is 41.1. The van der Waals surface area contributed by atoms with Crippen LogP contribution in [-0.4, -0.2) is 28.5 Å². The molecule has 0 radical (unpaired) electrons. The van der Waals surface area contributed by atoms with Gasteiger partial charge in [0.05, 0.1) is 5.69 Å². The number of hydrogen-bond acceptors (Lipinski definition) is 3. The summed E-state index contributed by atoms with van der Waals surface area (Å²) in [5, 5.41) is 4.38. The lowest BCUT2D eigenvalue weighted by Crippen LogP contribution is -2.41. The summed E-state index contributed by atoms with van der Waals surface area (Å²) in [6.07, 6.45) is 10.4. The molecule has 0 bridgehead atoms. The van der Waals surface area contributed by atoms with E-state index in [1.165, 1.54) is 12.8 Å². The number of nitrogens with zero attached hydrogens (tertiary/aromatic N) is 2. The molecule has 2 fully saturated rings. The summed E-state index contributed by atoms with van der Waals surface area (Å²) < 4.78 is 1.57. The van der Waals surface area contributed by atoms with Crippen molar-refractivity contribution in [1.29, 1.82) is 0 Å². The number of nitrogens with one attached hydrogen (secondary N) is 1. The van der Waals surface area contributed by atoms with Crippen molar-refractivity contribution >= 4 is 28.3 Å². The zero-order valence-electron chi connectivity index (χ0n) is 19.5. The second kappa shape index (κ2) is 9.47. The Hall–Kier alpha value is -2.63. The molecule has 2 amide bonds. The van der Waals surface area contributed by atoms with Crippen molar-refractivity contribution in [3.8, 4) is 0 Å². The third kappa shape index (κ3) is 4.59. The van der Waals surface area contributed by atoms with Gasteiger partial charge in [0, 0.05) is 36.0 Å². The van der Waals surface area contributed by atoms with Gasteiger partial charge < -0.3 is 14.8 Å². The minimum atomic E-state index is -0.554. The highest BCUT2D eigenvalue weighted by atomic mass is 16.2. The van der Waals surface area contributed by atoms with E-state index in [4.69, 9.17) is 0 Å². The maximum Gasteiger partial charge on any atom is 0.259 e. The summed E-state index contributed by atoms with van der Waals surface area (Å²) in [6, 6.07) is 7.36. The van der Waals surface area contributed by atoms with Crippen LogP contribution >= 0.6 is 0 Å². The van der Waals surface area contributed by atoms with Crippen LogP contribution < -0.4 is 15.8 Å². The van der Waals surface area contributed by atoms with Crippen LogP contribution in [0.2, 0.25) is 0 Å². The van der Waals surface area contributed by atoms with Crippen LogP contribution in [-0.2, 0) is 9.59 Å². The van der Waals surface area contributed by atoms with Gasteiger partial charge in [0.25, 0.3) is 5.56 Å². The maximum absolute atomic E-state index is 13.5. The number of anilines is 1. The van der Waals surface area contributed by atoms with Gasteiger partial charge in [-0.1, -0.05) is 45.6 Å². The van der Waals surface area contributed by atoms with Crippen LogP contribution in [0, 0.1) is 5.92 Å². The Morgan fingerprint density at radius 3 is 2.28 bits per heavy atom. The molecule has 2 aromatic rings. The van der Waals surface area contributed by atoms with Crippen LogP contribution in [0.4, 0.5) is 5.69 Å². The molecule has 2 aliphatic rings. The van der Waals surface area contributed by atoms with Crippen LogP contribution in [0.1, 0.15) is 78.2 Å². The van der Waals surface area contributed by atoms with E-state index in [-0.39, 0.29) is 35.4 Å².